The van der Waals surface area contributed by atoms with Gasteiger partial charge in [-0.15, -0.1) is 0 Å². The van der Waals surface area contributed by atoms with Crippen LogP contribution in [0.4, 0.5) is 0 Å². The van der Waals surface area contributed by atoms with Crippen LogP contribution in [0.2, 0.25) is 0 Å². The molecule has 1 aliphatic heterocycles. The van der Waals surface area contributed by atoms with Crippen molar-refractivity contribution < 1.29 is 0 Å². The summed E-state index contributed by atoms with van der Waals surface area (Å²) >= 11 is 0. The highest BCUT2D eigenvalue weighted by Crippen LogP contribution is 2.36. The molecule has 1 saturated heterocycles. The summed E-state index contributed by atoms with van der Waals surface area (Å²) in [6.07, 6.45) is 7.79. The van der Waals surface area contributed by atoms with Crippen molar-refractivity contribution in [2.24, 2.45) is 5.73 Å². The minimum atomic E-state index is 0.432. The highest BCUT2D eigenvalue weighted by atomic mass is 15.2. The zero-order valence-electron chi connectivity index (χ0n) is 12.7. The van der Waals surface area contributed by atoms with Crippen molar-refractivity contribution in [1.82, 2.24) is 4.90 Å². The van der Waals surface area contributed by atoms with Crippen LogP contribution in [0.25, 0.3) is 0 Å². The number of nitrogens with zero attached hydrogens (tertiary/aromatic N) is 1. The van der Waals surface area contributed by atoms with Gasteiger partial charge in [0.2, 0.25) is 0 Å². The molecule has 1 saturated carbocycles. The zero-order chi connectivity index (χ0) is 13.9. The molecule has 1 aromatic rings. The van der Waals surface area contributed by atoms with E-state index >= 15 is 0 Å². The maximum absolute atomic E-state index is 6.09. The Balaban J connectivity index is 1.56. The first-order valence-corrected chi connectivity index (χ1v) is 8.30. The van der Waals surface area contributed by atoms with Crippen LogP contribution in [-0.2, 0) is 0 Å². The van der Waals surface area contributed by atoms with E-state index in [0.29, 0.717) is 12.1 Å². The highest BCUT2D eigenvalue weighted by molar-refractivity contribution is 5.20. The number of likely N-dealkylation sites (tertiary alicyclic amines) is 1. The van der Waals surface area contributed by atoms with E-state index in [4.69, 9.17) is 5.73 Å². The van der Waals surface area contributed by atoms with Crippen molar-refractivity contribution >= 4 is 0 Å². The SMILES string of the molecule is CC1CC(N)CCN1C1CCC(c2ccccc2)CC1. The van der Waals surface area contributed by atoms with Gasteiger partial charge in [0, 0.05) is 24.7 Å². The van der Waals surface area contributed by atoms with Crippen molar-refractivity contribution in [2.75, 3.05) is 6.54 Å². The van der Waals surface area contributed by atoms with Gasteiger partial charge in [-0.3, -0.25) is 4.90 Å². The Morgan fingerprint density at radius 2 is 1.70 bits per heavy atom. The number of piperidine rings is 1. The molecule has 2 fully saturated rings. The second kappa shape index (κ2) is 6.28. The first-order valence-electron chi connectivity index (χ1n) is 8.30. The van der Waals surface area contributed by atoms with Gasteiger partial charge in [0.1, 0.15) is 0 Å². The largest absolute Gasteiger partial charge is 0.328 e. The Hall–Kier alpha value is -0.860. The number of rotatable bonds is 2. The fourth-order valence-electron chi connectivity index (χ4n) is 4.24. The number of nitrogens with two attached hydrogens (primary N) is 1. The Labute approximate surface area is 123 Å². The van der Waals surface area contributed by atoms with Gasteiger partial charge in [-0.25, -0.2) is 0 Å². The van der Waals surface area contributed by atoms with Crippen LogP contribution >= 0.6 is 0 Å². The third-order valence-electron chi connectivity index (χ3n) is 5.40. The molecule has 0 aromatic heterocycles. The molecular weight excluding hydrogens is 244 g/mol. The molecule has 20 heavy (non-hydrogen) atoms. The summed E-state index contributed by atoms with van der Waals surface area (Å²) in [7, 11) is 0. The highest BCUT2D eigenvalue weighted by Gasteiger charge is 2.32. The third kappa shape index (κ3) is 3.07. The van der Waals surface area contributed by atoms with E-state index in [1.165, 1.54) is 45.1 Å². The molecule has 0 radical (unpaired) electrons. The van der Waals surface area contributed by atoms with Crippen LogP contribution < -0.4 is 5.73 Å². The summed E-state index contributed by atoms with van der Waals surface area (Å²) in [6.45, 7) is 3.57. The molecule has 3 rings (SSSR count). The number of benzene rings is 1. The molecular formula is C18H28N2. The van der Waals surface area contributed by atoms with Crippen molar-refractivity contribution in [3.8, 4) is 0 Å². The minimum absolute atomic E-state index is 0.432. The van der Waals surface area contributed by atoms with Gasteiger partial charge in [0.15, 0.2) is 0 Å². The van der Waals surface area contributed by atoms with Crippen LogP contribution in [0, 0.1) is 0 Å². The lowest BCUT2D eigenvalue weighted by Crippen LogP contribution is -2.51. The molecule has 2 aliphatic rings. The lowest BCUT2D eigenvalue weighted by molar-refractivity contribution is 0.0708. The monoisotopic (exact) mass is 272 g/mol. The normalized spacial score (nSPS) is 35.9. The maximum Gasteiger partial charge on any atom is 0.00985 e. The Morgan fingerprint density at radius 1 is 1.00 bits per heavy atom. The molecule has 2 atom stereocenters. The van der Waals surface area contributed by atoms with E-state index in [2.05, 4.69) is 42.2 Å². The lowest BCUT2D eigenvalue weighted by Gasteiger charge is -2.44. The topological polar surface area (TPSA) is 29.3 Å². The summed E-state index contributed by atoms with van der Waals surface area (Å²) in [6, 6.07) is 13.0. The average molecular weight is 272 g/mol. The molecule has 110 valence electrons. The zero-order valence-corrected chi connectivity index (χ0v) is 12.7. The van der Waals surface area contributed by atoms with Crippen molar-refractivity contribution in [1.29, 1.82) is 0 Å². The Bertz CT molecular complexity index is 409. The van der Waals surface area contributed by atoms with E-state index in [9.17, 15) is 0 Å². The van der Waals surface area contributed by atoms with Gasteiger partial charge in [-0.2, -0.15) is 0 Å². The van der Waals surface area contributed by atoms with Gasteiger partial charge in [-0.1, -0.05) is 30.3 Å². The summed E-state index contributed by atoms with van der Waals surface area (Å²) in [5, 5.41) is 0. The van der Waals surface area contributed by atoms with E-state index in [1.54, 1.807) is 5.56 Å². The van der Waals surface area contributed by atoms with Crippen LogP contribution in [0.15, 0.2) is 30.3 Å². The summed E-state index contributed by atoms with van der Waals surface area (Å²) in [5.74, 6) is 0.787. The molecule has 2 unspecified atom stereocenters. The second-order valence-electron chi connectivity index (χ2n) is 6.79. The quantitative estimate of drug-likeness (QED) is 0.892. The summed E-state index contributed by atoms with van der Waals surface area (Å²) < 4.78 is 0. The average Bonchev–Trinajstić information content (AvgIpc) is 2.48. The smallest absolute Gasteiger partial charge is 0.00985 e. The van der Waals surface area contributed by atoms with Gasteiger partial charge < -0.3 is 5.73 Å². The predicted octanol–water partition coefficient (Wildman–Crippen LogP) is 3.52. The van der Waals surface area contributed by atoms with E-state index in [-0.39, 0.29) is 0 Å². The van der Waals surface area contributed by atoms with Gasteiger partial charge in [0.25, 0.3) is 0 Å². The molecule has 1 heterocycles. The van der Waals surface area contributed by atoms with Crippen molar-refractivity contribution in [3.05, 3.63) is 35.9 Å². The van der Waals surface area contributed by atoms with Crippen LogP contribution in [0.1, 0.15) is 56.9 Å². The second-order valence-corrected chi connectivity index (χ2v) is 6.79. The fraction of sp³-hybridized carbons (Fsp3) is 0.667. The first kappa shape index (κ1) is 14.1. The van der Waals surface area contributed by atoms with Crippen molar-refractivity contribution in [2.45, 2.75) is 69.5 Å². The number of hydrogen-bond donors (Lipinski definition) is 1. The molecule has 2 nitrogen and oxygen atoms in total. The molecule has 1 aliphatic carbocycles. The predicted molar refractivity (Wildman–Crippen MR) is 84.8 cm³/mol. The summed E-state index contributed by atoms with van der Waals surface area (Å²) in [5.41, 5.74) is 7.63. The van der Waals surface area contributed by atoms with Crippen LogP contribution in [0.5, 0.6) is 0 Å². The maximum atomic E-state index is 6.09. The first-order chi connectivity index (χ1) is 9.74. The van der Waals surface area contributed by atoms with Gasteiger partial charge >= 0.3 is 0 Å². The van der Waals surface area contributed by atoms with E-state index < -0.39 is 0 Å². The Morgan fingerprint density at radius 3 is 2.35 bits per heavy atom. The van der Waals surface area contributed by atoms with E-state index in [0.717, 1.165) is 12.0 Å². The molecule has 1 aromatic carbocycles. The van der Waals surface area contributed by atoms with Crippen LogP contribution in [0.3, 0.4) is 0 Å². The molecule has 0 spiro atoms. The number of hydrogen-bond acceptors (Lipinski definition) is 2. The van der Waals surface area contributed by atoms with Gasteiger partial charge in [-0.05, 0) is 56.9 Å². The Kier molecular flexibility index (Phi) is 4.42. The third-order valence-corrected chi connectivity index (χ3v) is 5.40. The van der Waals surface area contributed by atoms with Crippen molar-refractivity contribution in [3.63, 3.8) is 0 Å². The lowest BCUT2D eigenvalue weighted by atomic mass is 9.80. The standard InChI is InChI=1S/C18H28N2/c1-14-13-17(19)11-12-20(14)18-9-7-16(8-10-18)15-5-3-2-4-6-15/h2-6,14,16-18H,7-13,19H2,1H3. The summed E-state index contributed by atoms with van der Waals surface area (Å²) in [4.78, 5) is 2.74. The van der Waals surface area contributed by atoms with Gasteiger partial charge in [0.05, 0.1) is 0 Å². The molecule has 2 N–H and O–H groups in total. The van der Waals surface area contributed by atoms with E-state index in [1.807, 2.05) is 0 Å². The molecule has 0 bridgehead atoms. The van der Waals surface area contributed by atoms with Crippen LogP contribution in [-0.4, -0.2) is 29.6 Å². The fourth-order valence-corrected chi connectivity index (χ4v) is 4.24. The molecule has 2 heteroatoms. The molecule has 0 amide bonds. The minimum Gasteiger partial charge on any atom is -0.328 e.